The van der Waals surface area contributed by atoms with Gasteiger partial charge in [0.05, 0.1) is 22.0 Å². The molecule has 1 heterocycles. The number of hydrogen-bond donors (Lipinski definition) is 4. The fourth-order valence-electron chi connectivity index (χ4n) is 3.48. The number of aliphatic hydroxyl groups excluding tert-OH is 1. The van der Waals surface area contributed by atoms with Crippen LogP contribution in [0.4, 0.5) is 17.5 Å². The van der Waals surface area contributed by atoms with Gasteiger partial charge in [-0.2, -0.15) is 10.2 Å². The first-order valence-electron chi connectivity index (χ1n) is 10.5. The van der Waals surface area contributed by atoms with Crippen LogP contribution in [0.1, 0.15) is 32.6 Å². The number of nitrogens with one attached hydrogen (secondary N) is 3. The highest BCUT2D eigenvalue weighted by Crippen LogP contribution is 2.28. The molecule has 11 heteroatoms. The Balaban J connectivity index is 1.66. The van der Waals surface area contributed by atoms with Gasteiger partial charge in [-0.25, -0.2) is 18.1 Å². The molecule has 1 aliphatic rings. The molecule has 0 aliphatic heterocycles. The summed E-state index contributed by atoms with van der Waals surface area (Å²) >= 11 is 3.37. The summed E-state index contributed by atoms with van der Waals surface area (Å²) in [5.41, 5.74) is 0.533. The maximum atomic E-state index is 12.8. The second-order valence-corrected chi connectivity index (χ2v) is 10.6. The van der Waals surface area contributed by atoms with Gasteiger partial charge in [0.15, 0.2) is 0 Å². The lowest BCUT2D eigenvalue weighted by Gasteiger charge is -2.24. The number of nitriles is 1. The third-order valence-corrected chi connectivity index (χ3v) is 7.39. The zero-order valence-electron chi connectivity index (χ0n) is 17.8. The lowest BCUT2D eigenvalue weighted by atomic mass is 9.83. The fraction of sp³-hybridized carbons (Fsp3) is 0.476. The highest BCUT2D eigenvalue weighted by Gasteiger charge is 2.23. The Kier molecular flexibility index (Phi) is 8.42. The summed E-state index contributed by atoms with van der Waals surface area (Å²) in [6.07, 6.45) is 4.93. The van der Waals surface area contributed by atoms with Crippen molar-refractivity contribution >= 4 is 43.4 Å². The number of hydrogen-bond acceptors (Lipinski definition) is 8. The van der Waals surface area contributed by atoms with Crippen LogP contribution < -0.4 is 15.4 Å². The van der Waals surface area contributed by atoms with E-state index in [1.807, 2.05) is 6.92 Å². The van der Waals surface area contributed by atoms with E-state index in [1.54, 1.807) is 24.4 Å². The SMILES string of the molecule is C[C@H](CO)Nc1nc(Nc2cccc(S(=O)(=O)NCC3CCC(C#N)CC3)c2)ncc1Br. The van der Waals surface area contributed by atoms with Crippen LogP contribution in [0.3, 0.4) is 0 Å². The van der Waals surface area contributed by atoms with Crippen LogP contribution in [0.15, 0.2) is 39.8 Å². The average Bonchev–Trinajstić information content (AvgIpc) is 2.80. The van der Waals surface area contributed by atoms with E-state index >= 15 is 0 Å². The molecule has 0 saturated heterocycles. The van der Waals surface area contributed by atoms with Crippen LogP contribution >= 0.6 is 15.9 Å². The first-order valence-corrected chi connectivity index (χ1v) is 12.7. The number of anilines is 3. The molecule has 0 bridgehead atoms. The van der Waals surface area contributed by atoms with E-state index in [0.717, 1.165) is 25.7 Å². The van der Waals surface area contributed by atoms with Crippen molar-refractivity contribution in [3.63, 3.8) is 0 Å². The van der Waals surface area contributed by atoms with Crippen LogP contribution in [0.5, 0.6) is 0 Å². The van der Waals surface area contributed by atoms with Crippen LogP contribution in [0.25, 0.3) is 0 Å². The quantitative estimate of drug-likeness (QED) is 0.392. The smallest absolute Gasteiger partial charge is 0.240 e. The Hall–Kier alpha value is -2.26. The second-order valence-electron chi connectivity index (χ2n) is 7.97. The van der Waals surface area contributed by atoms with Gasteiger partial charge in [0.2, 0.25) is 16.0 Å². The van der Waals surface area contributed by atoms with Crippen LogP contribution in [0.2, 0.25) is 0 Å². The summed E-state index contributed by atoms with van der Waals surface area (Å²) in [4.78, 5) is 8.74. The standard InChI is InChI=1S/C21H27BrN6O3S/c1-14(13-29)26-20-19(22)12-24-21(28-20)27-17-3-2-4-18(9-17)32(30,31)25-11-16-7-5-15(10-23)6-8-16/h2-4,9,12,14-16,25,29H,5-8,11,13H2,1H3,(H2,24,26,27,28)/t14-,15?,16?/m1/s1. The molecule has 9 nitrogen and oxygen atoms in total. The van der Waals surface area contributed by atoms with Gasteiger partial charge in [-0.3, -0.25) is 0 Å². The van der Waals surface area contributed by atoms with Crippen molar-refractivity contribution in [3.05, 3.63) is 34.9 Å². The summed E-state index contributed by atoms with van der Waals surface area (Å²) in [7, 11) is -3.67. The van der Waals surface area contributed by atoms with Gasteiger partial charge < -0.3 is 15.7 Å². The highest BCUT2D eigenvalue weighted by molar-refractivity contribution is 9.10. The fourth-order valence-corrected chi connectivity index (χ4v) is 4.95. The molecule has 2 aromatic rings. The molecule has 4 N–H and O–H groups in total. The number of rotatable bonds is 9. The van der Waals surface area contributed by atoms with Crippen molar-refractivity contribution in [2.45, 2.75) is 43.5 Å². The van der Waals surface area contributed by atoms with E-state index in [0.29, 0.717) is 22.5 Å². The van der Waals surface area contributed by atoms with Crippen molar-refractivity contribution in [2.24, 2.45) is 11.8 Å². The van der Waals surface area contributed by atoms with Gasteiger partial charge in [0.1, 0.15) is 5.82 Å². The van der Waals surface area contributed by atoms with E-state index in [4.69, 9.17) is 5.26 Å². The van der Waals surface area contributed by atoms with Gasteiger partial charge in [-0.05, 0) is 72.7 Å². The molecular formula is C21H27BrN6O3S. The van der Waals surface area contributed by atoms with Crippen molar-refractivity contribution in [1.29, 1.82) is 5.26 Å². The Morgan fingerprint density at radius 2 is 2.06 bits per heavy atom. The molecular weight excluding hydrogens is 496 g/mol. The minimum atomic E-state index is -3.67. The number of aliphatic hydroxyl groups is 1. The summed E-state index contributed by atoms with van der Waals surface area (Å²) < 4.78 is 28.9. The van der Waals surface area contributed by atoms with Crippen LogP contribution in [0, 0.1) is 23.2 Å². The Labute approximate surface area is 196 Å². The molecule has 1 fully saturated rings. The van der Waals surface area contributed by atoms with Gasteiger partial charge in [-0.1, -0.05) is 6.07 Å². The lowest BCUT2D eigenvalue weighted by Crippen LogP contribution is -2.31. The topological polar surface area (TPSA) is 140 Å². The zero-order valence-corrected chi connectivity index (χ0v) is 20.2. The number of halogens is 1. The molecule has 1 aliphatic carbocycles. The van der Waals surface area contributed by atoms with Crippen molar-refractivity contribution < 1.29 is 13.5 Å². The molecule has 0 radical (unpaired) electrons. The predicted octanol–water partition coefficient (Wildman–Crippen LogP) is 3.38. The van der Waals surface area contributed by atoms with Gasteiger partial charge in [0, 0.05) is 30.4 Å². The Bertz CT molecular complexity index is 1070. The van der Waals surface area contributed by atoms with E-state index in [-0.39, 0.29) is 35.3 Å². The van der Waals surface area contributed by atoms with Crippen molar-refractivity contribution in [2.75, 3.05) is 23.8 Å². The van der Waals surface area contributed by atoms with Crippen molar-refractivity contribution in [1.82, 2.24) is 14.7 Å². The molecule has 3 rings (SSSR count). The summed E-state index contributed by atoms with van der Waals surface area (Å²) in [5, 5.41) is 24.3. The van der Waals surface area contributed by atoms with E-state index in [9.17, 15) is 13.5 Å². The first-order chi connectivity index (χ1) is 15.3. The number of nitrogens with zero attached hydrogens (tertiary/aromatic N) is 3. The number of aromatic nitrogens is 2. The summed E-state index contributed by atoms with van der Waals surface area (Å²) in [6, 6.07) is 8.56. The summed E-state index contributed by atoms with van der Waals surface area (Å²) in [5.74, 6) is 1.14. The molecule has 1 atom stereocenters. The average molecular weight is 523 g/mol. The van der Waals surface area contributed by atoms with Gasteiger partial charge in [-0.15, -0.1) is 0 Å². The zero-order chi connectivity index (χ0) is 23.1. The van der Waals surface area contributed by atoms with Crippen LogP contribution in [-0.4, -0.2) is 42.7 Å². The molecule has 32 heavy (non-hydrogen) atoms. The molecule has 172 valence electrons. The highest BCUT2D eigenvalue weighted by atomic mass is 79.9. The lowest BCUT2D eigenvalue weighted by molar-refractivity contribution is 0.281. The molecule has 0 spiro atoms. The molecule has 1 aromatic heterocycles. The number of benzene rings is 1. The third-order valence-electron chi connectivity index (χ3n) is 5.39. The normalized spacial score (nSPS) is 19.7. The molecule has 1 saturated carbocycles. The Morgan fingerprint density at radius 1 is 1.31 bits per heavy atom. The van der Waals surface area contributed by atoms with Gasteiger partial charge in [0.25, 0.3) is 0 Å². The van der Waals surface area contributed by atoms with E-state index in [2.05, 4.69) is 47.3 Å². The monoisotopic (exact) mass is 522 g/mol. The predicted molar refractivity (Wildman–Crippen MR) is 126 cm³/mol. The minimum absolute atomic E-state index is 0.0497. The van der Waals surface area contributed by atoms with E-state index < -0.39 is 10.0 Å². The second kappa shape index (κ2) is 11.0. The third kappa shape index (κ3) is 6.62. The van der Waals surface area contributed by atoms with Crippen LogP contribution in [-0.2, 0) is 10.0 Å². The molecule has 1 aromatic carbocycles. The first kappa shape index (κ1) is 24.4. The maximum absolute atomic E-state index is 12.8. The van der Waals surface area contributed by atoms with Gasteiger partial charge >= 0.3 is 0 Å². The molecule has 0 amide bonds. The summed E-state index contributed by atoms with van der Waals surface area (Å²) in [6.45, 7) is 2.13. The molecule has 0 unspecified atom stereocenters. The number of sulfonamides is 1. The van der Waals surface area contributed by atoms with E-state index in [1.165, 1.54) is 6.07 Å². The Morgan fingerprint density at radius 3 is 2.75 bits per heavy atom. The maximum Gasteiger partial charge on any atom is 0.240 e. The van der Waals surface area contributed by atoms with Crippen molar-refractivity contribution in [3.8, 4) is 6.07 Å². The largest absolute Gasteiger partial charge is 0.394 e. The minimum Gasteiger partial charge on any atom is -0.394 e.